The lowest BCUT2D eigenvalue weighted by Crippen LogP contribution is -2.17. The van der Waals surface area contributed by atoms with Crippen LogP contribution in [0.25, 0.3) is 0 Å². The molecule has 0 bridgehead atoms. The zero-order valence-corrected chi connectivity index (χ0v) is 10.2. The van der Waals surface area contributed by atoms with Crippen molar-refractivity contribution in [2.24, 2.45) is 10.9 Å². The Bertz CT molecular complexity index is 414. The second-order valence-corrected chi connectivity index (χ2v) is 5.71. The first-order valence-electron chi connectivity index (χ1n) is 6.01. The number of hydrogen-bond acceptors (Lipinski definition) is 3. The van der Waals surface area contributed by atoms with Gasteiger partial charge >= 0.3 is 0 Å². The molecule has 84 valence electrons. The Morgan fingerprint density at radius 1 is 1.44 bits per heavy atom. The van der Waals surface area contributed by atoms with Gasteiger partial charge < -0.3 is 0 Å². The van der Waals surface area contributed by atoms with E-state index in [9.17, 15) is 0 Å². The number of aryl methyl sites for hydroxylation is 1. The van der Waals surface area contributed by atoms with Gasteiger partial charge in [0.1, 0.15) is 0 Å². The molecule has 0 radical (unpaired) electrons. The van der Waals surface area contributed by atoms with Crippen molar-refractivity contribution in [3.63, 3.8) is 0 Å². The number of thioether (sulfide) groups is 1. The van der Waals surface area contributed by atoms with Crippen molar-refractivity contribution in [3.8, 4) is 0 Å². The van der Waals surface area contributed by atoms with Gasteiger partial charge in [-0.1, -0.05) is 6.07 Å². The zero-order valence-electron chi connectivity index (χ0n) is 9.35. The van der Waals surface area contributed by atoms with Crippen molar-refractivity contribution < 1.29 is 0 Å². The molecule has 1 unspecified atom stereocenters. The van der Waals surface area contributed by atoms with E-state index in [0.717, 1.165) is 18.9 Å². The molecule has 0 aromatic carbocycles. The SMILES string of the molecule is c1cnc2c(c1)CCC(CC1=NCCS1)C2. The van der Waals surface area contributed by atoms with Gasteiger partial charge in [-0.05, 0) is 43.2 Å². The van der Waals surface area contributed by atoms with Crippen molar-refractivity contribution in [2.75, 3.05) is 12.3 Å². The van der Waals surface area contributed by atoms with Gasteiger partial charge in [-0.15, -0.1) is 11.8 Å². The summed E-state index contributed by atoms with van der Waals surface area (Å²) in [7, 11) is 0. The Morgan fingerprint density at radius 3 is 3.31 bits per heavy atom. The summed E-state index contributed by atoms with van der Waals surface area (Å²) in [6.45, 7) is 1.03. The molecule has 16 heavy (non-hydrogen) atoms. The molecule has 3 rings (SSSR count). The van der Waals surface area contributed by atoms with Gasteiger partial charge in [0.25, 0.3) is 0 Å². The number of hydrogen-bond donors (Lipinski definition) is 0. The zero-order chi connectivity index (χ0) is 10.8. The topological polar surface area (TPSA) is 25.2 Å². The van der Waals surface area contributed by atoms with Crippen molar-refractivity contribution in [2.45, 2.75) is 25.7 Å². The Kier molecular flexibility index (Phi) is 2.96. The predicted octanol–water partition coefficient (Wildman–Crippen LogP) is 2.72. The molecule has 2 aliphatic rings. The summed E-state index contributed by atoms with van der Waals surface area (Å²) in [6.07, 6.45) is 6.75. The van der Waals surface area contributed by atoms with Crippen LogP contribution < -0.4 is 0 Å². The van der Waals surface area contributed by atoms with Crippen LogP contribution in [0.2, 0.25) is 0 Å². The first-order chi connectivity index (χ1) is 7.92. The smallest absolute Gasteiger partial charge is 0.0679 e. The number of rotatable bonds is 2. The van der Waals surface area contributed by atoms with Crippen LogP contribution >= 0.6 is 11.8 Å². The molecule has 0 N–H and O–H groups in total. The summed E-state index contributed by atoms with van der Waals surface area (Å²) in [5.74, 6) is 1.96. The number of nitrogens with zero attached hydrogens (tertiary/aromatic N) is 2. The fourth-order valence-electron chi connectivity index (χ4n) is 2.54. The van der Waals surface area contributed by atoms with Crippen LogP contribution in [-0.2, 0) is 12.8 Å². The van der Waals surface area contributed by atoms with E-state index < -0.39 is 0 Å². The summed E-state index contributed by atoms with van der Waals surface area (Å²) in [5, 5.41) is 1.38. The number of fused-ring (bicyclic) bond motifs is 1. The molecule has 1 aliphatic carbocycles. The maximum absolute atomic E-state index is 4.54. The maximum atomic E-state index is 4.54. The van der Waals surface area contributed by atoms with E-state index in [4.69, 9.17) is 0 Å². The molecule has 1 aliphatic heterocycles. The van der Waals surface area contributed by atoms with E-state index in [-0.39, 0.29) is 0 Å². The third kappa shape index (κ3) is 2.14. The van der Waals surface area contributed by atoms with Gasteiger partial charge in [-0.3, -0.25) is 9.98 Å². The van der Waals surface area contributed by atoms with E-state index >= 15 is 0 Å². The van der Waals surface area contributed by atoms with Crippen molar-refractivity contribution in [1.29, 1.82) is 0 Å². The normalized spacial score (nSPS) is 24.0. The Labute approximate surface area is 101 Å². The van der Waals surface area contributed by atoms with Gasteiger partial charge in [0, 0.05) is 24.2 Å². The fourth-order valence-corrected chi connectivity index (χ4v) is 3.50. The van der Waals surface area contributed by atoms with E-state index in [0.29, 0.717) is 0 Å². The highest BCUT2D eigenvalue weighted by molar-refractivity contribution is 8.14. The van der Waals surface area contributed by atoms with Gasteiger partial charge in [0.2, 0.25) is 0 Å². The lowest BCUT2D eigenvalue weighted by molar-refractivity contribution is 0.468. The standard InChI is InChI=1S/C13H16N2S/c1-2-11-4-3-10(8-12(11)14-5-1)9-13-15-6-7-16-13/h1-2,5,10H,3-4,6-9H2. The van der Waals surface area contributed by atoms with Crippen LogP contribution in [0.5, 0.6) is 0 Å². The fraction of sp³-hybridized carbons (Fsp3) is 0.538. The van der Waals surface area contributed by atoms with Crippen molar-refractivity contribution in [1.82, 2.24) is 4.98 Å². The largest absolute Gasteiger partial charge is 0.282 e. The van der Waals surface area contributed by atoms with Gasteiger partial charge in [0.05, 0.1) is 5.04 Å². The van der Waals surface area contributed by atoms with E-state index in [1.54, 1.807) is 0 Å². The van der Waals surface area contributed by atoms with E-state index in [2.05, 4.69) is 22.1 Å². The molecule has 0 amide bonds. The van der Waals surface area contributed by atoms with Crippen LogP contribution in [-0.4, -0.2) is 22.3 Å². The molecule has 1 aromatic heterocycles. The van der Waals surface area contributed by atoms with Crippen LogP contribution in [0, 0.1) is 5.92 Å². The lowest BCUT2D eigenvalue weighted by Gasteiger charge is -2.23. The van der Waals surface area contributed by atoms with E-state index in [1.807, 2.05) is 18.0 Å². The molecule has 3 heteroatoms. The molecule has 1 aromatic rings. The van der Waals surface area contributed by atoms with Crippen molar-refractivity contribution in [3.05, 3.63) is 29.6 Å². The summed E-state index contributed by atoms with van der Waals surface area (Å²) >= 11 is 1.95. The lowest BCUT2D eigenvalue weighted by atomic mass is 9.85. The highest BCUT2D eigenvalue weighted by Gasteiger charge is 2.21. The Hall–Kier alpha value is -0.830. The maximum Gasteiger partial charge on any atom is 0.0679 e. The highest BCUT2D eigenvalue weighted by Crippen LogP contribution is 2.29. The molecule has 0 saturated heterocycles. The van der Waals surface area contributed by atoms with Crippen LogP contribution in [0.3, 0.4) is 0 Å². The number of pyridine rings is 1. The van der Waals surface area contributed by atoms with Gasteiger partial charge in [-0.25, -0.2) is 0 Å². The van der Waals surface area contributed by atoms with Gasteiger partial charge in [-0.2, -0.15) is 0 Å². The molecule has 0 saturated carbocycles. The van der Waals surface area contributed by atoms with Crippen molar-refractivity contribution >= 4 is 16.8 Å². The van der Waals surface area contributed by atoms with Crippen LogP contribution in [0.4, 0.5) is 0 Å². The van der Waals surface area contributed by atoms with E-state index in [1.165, 1.54) is 41.3 Å². The van der Waals surface area contributed by atoms with Crippen LogP contribution in [0.1, 0.15) is 24.1 Å². The summed E-state index contributed by atoms with van der Waals surface area (Å²) in [6, 6.07) is 4.27. The Balaban J connectivity index is 1.68. The molecule has 2 heterocycles. The molecular weight excluding hydrogens is 216 g/mol. The molecule has 1 atom stereocenters. The highest BCUT2D eigenvalue weighted by atomic mass is 32.2. The third-order valence-electron chi connectivity index (χ3n) is 3.40. The monoisotopic (exact) mass is 232 g/mol. The Morgan fingerprint density at radius 2 is 2.44 bits per heavy atom. The summed E-state index contributed by atoms with van der Waals surface area (Å²) in [4.78, 5) is 9.04. The first-order valence-corrected chi connectivity index (χ1v) is 6.99. The van der Waals surface area contributed by atoms with Gasteiger partial charge in [0.15, 0.2) is 0 Å². The number of aromatic nitrogens is 1. The minimum Gasteiger partial charge on any atom is -0.282 e. The quantitative estimate of drug-likeness (QED) is 0.783. The summed E-state index contributed by atoms with van der Waals surface area (Å²) in [5.41, 5.74) is 2.78. The average Bonchev–Trinajstić information content (AvgIpc) is 2.82. The predicted molar refractivity (Wildman–Crippen MR) is 69.1 cm³/mol. The third-order valence-corrected chi connectivity index (χ3v) is 4.42. The minimum atomic E-state index is 0.770. The molecular formula is C13H16N2S. The second kappa shape index (κ2) is 4.58. The molecule has 2 nitrogen and oxygen atoms in total. The molecule has 0 fully saturated rings. The first kappa shape index (κ1) is 10.3. The van der Waals surface area contributed by atoms with Crippen LogP contribution in [0.15, 0.2) is 23.3 Å². The number of aliphatic imine (C=N–C) groups is 1. The second-order valence-electron chi connectivity index (χ2n) is 4.55. The summed E-state index contributed by atoms with van der Waals surface area (Å²) < 4.78 is 0. The minimum absolute atomic E-state index is 0.770. The average molecular weight is 232 g/mol. The molecule has 0 spiro atoms.